The van der Waals surface area contributed by atoms with E-state index in [-0.39, 0.29) is 32.3 Å². The molecule has 0 aliphatic heterocycles. The summed E-state index contributed by atoms with van der Waals surface area (Å²) in [6, 6.07) is 11.8. The first-order valence-corrected chi connectivity index (χ1v) is 10.4. The highest BCUT2D eigenvalue weighted by Crippen LogP contribution is 2.44. The molecule has 0 aliphatic carbocycles. The maximum atomic E-state index is 12.8. The molecule has 4 nitrogen and oxygen atoms in total. The number of aliphatic hydroxyl groups excluding tert-OH is 2. The number of alkyl halides is 6. The summed E-state index contributed by atoms with van der Waals surface area (Å²) in [6.07, 6.45) is -11.1. The predicted molar refractivity (Wildman–Crippen MR) is 113 cm³/mol. The van der Waals surface area contributed by atoms with Gasteiger partial charge in [-0.3, -0.25) is 0 Å². The normalized spacial score (nSPS) is 13.9. The first-order chi connectivity index (χ1) is 15.9. The minimum atomic E-state index is -5.90. The van der Waals surface area contributed by atoms with E-state index in [1.54, 1.807) is 49.4 Å². The quantitative estimate of drug-likeness (QED) is 0.301. The molecule has 0 fully saturated rings. The molecular weight excluding hydrogens is 466 g/mol. The van der Waals surface area contributed by atoms with Gasteiger partial charge in [-0.2, -0.15) is 26.3 Å². The Labute approximate surface area is 193 Å². The minimum absolute atomic E-state index is 0.142. The maximum Gasteiger partial charge on any atom is 0.429 e. The van der Waals surface area contributed by atoms with Crippen molar-refractivity contribution >= 4 is 0 Å². The van der Waals surface area contributed by atoms with Gasteiger partial charge in [0.05, 0.1) is 13.2 Å². The second kappa shape index (κ2) is 11.2. The molecule has 0 saturated heterocycles. The van der Waals surface area contributed by atoms with Crippen LogP contribution in [0.15, 0.2) is 54.6 Å². The van der Waals surface area contributed by atoms with Crippen molar-refractivity contribution in [3.8, 4) is 5.75 Å². The third-order valence-corrected chi connectivity index (χ3v) is 5.48. The van der Waals surface area contributed by atoms with Crippen molar-refractivity contribution in [2.24, 2.45) is 0 Å². The number of hydrogen-bond acceptors (Lipinski definition) is 4. The molecular formula is C24H26F6O4. The Hall–Kier alpha value is -2.56. The van der Waals surface area contributed by atoms with E-state index in [1.807, 2.05) is 0 Å². The lowest BCUT2D eigenvalue weighted by Gasteiger charge is -2.29. The van der Waals surface area contributed by atoms with E-state index in [0.717, 1.165) is 5.56 Å². The van der Waals surface area contributed by atoms with Crippen molar-refractivity contribution in [1.82, 2.24) is 0 Å². The molecule has 34 heavy (non-hydrogen) atoms. The SMILES string of the molecule is CCC(CC=CC(O)(C(F)(F)F)C(F)(F)F)c1cccc(OCc2ccc(CO)c(CO)c2)c1. The van der Waals surface area contributed by atoms with Gasteiger partial charge >= 0.3 is 12.4 Å². The van der Waals surface area contributed by atoms with Crippen molar-refractivity contribution in [2.45, 2.75) is 63.5 Å². The average Bonchev–Trinajstić information content (AvgIpc) is 2.78. The smallest absolute Gasteiger partial charge is 0.429 e. The molecule has 2 rings (SSSR count). The molecule has 0 aromatic heterocycles. The fraction of sp³-hybridized carbons (Fsp3) is 0.417. The maximum absolute atomic E-state index is 12.8. The summed E-state index contributed by atoms with van der Waals surface area (Å²) in [5.41, 5.74) is -2.37. The van der Waals surface area contributed by atoms with Crippen LogP contribution in [-0.4, -0.2) is 33.3 Å². The van der Waals surface area contributed by atoms with Crippen molar-refractivity contribution in [3.63, 3.8) is 0 Å². The Bertz CT molecular complexity index is 955. The number of aliphatic hydroxyl groups is 3. The van der Waals surface area contributed by atoms with Crippen LogP contribution in [0.1, 0.15) is 47.9 Å². The minimum Gasteiger partial charge on any atom is -0.489 e. The average molecular weight is 492 g/mol. The summed E-state index contributed by atoms with van der Waals surface area (Å²) in [6.45, 7) is 1.42. The van der Waals surface area contributed by atoms with E-state index >= 15 is 0 Å². The van der Waals surface area contributed by atoms with Gasteiger partial charge in [0.1, 0.15) is 12.4 Å². The van der Waals surface area contributed by atoms with Crippen LogP contribution in [0.25, 0.3) is 0 Å². The zero-order valence-corrected chi connectivity index (χ0v) is 18.3. The fourth-order valence-electron chi connectivity index (χ4n) is 3.39. The lowest BCUT2D eigenvalue weighted by atomic mass is 9.91. The highest BCUT2D eigenvalue weighted by atomic mass is 19.4. The topological polar surface area (TPSA) is 69.9 Å². The van der Waals surface area contributed by atoms with Gasteiger partial charge in [0, 0.05) is 0 Å². The van der Waals surface area contributed by atoms with Crippen LogP contribution in [0.2, 0.25) is 0 Å². The van der Waals surface area contributed by atoms with Crippen molar-refractivity contribution in [1.29, 1.82) is 0 Å². The van der Waals surface area contributed by atoms with E-state index in [2.05, 4.69) is 0 Å². The zero-order chi connectivity index (χ0) is 25.6. The Morgan fingerprint density at radius 2 is 1.56 bits per heavy atom. The summed E-state index contributed by atoms with van der Waals surface area (Å²) < 4.78 is 82.7. The van der Waals surface area contributed by atoms with Gasteiger partial charge in [-0.15, -0.1) is 0 Å². The molecule has 1 atom stereocenters. The van der Waals surface area contributed by atoms with Crippen LogP contribution in [0.3, 0.4) is 0 Å². The highest BCUT2D eigenvalue weighted by Gasteiger charge is 2.68. The lowest BCUT2D eigenvalue weighted by molar-refractivity contribution is -0.347. The summed E-state index contributed by atoms with van der Waals surface area (Å²) in [5.74, 6) is 0.0362. The number of ether oxygens (including phenoxy) is 1. The molecule has 2 aromatic carbocycles. The Kier molecular flexibility index (Phi) is 9.15. The molecule has 0 saturated carbocycles. The van der Waals surface area contributed by atoms with Crippen molar-refractivity contribution in [3.05, 3.63) is 76.9 Å². The molecule has 3 N–H and O–H groups in total. The molecule has 1 unspecified atom stereocenters. The van der Waals surface area contributed by atoms with Crippen LogP contribution in [-0.2, 0) is 19.8 Å². The molecule has 2 aromatic rings. The van der Waals surface area contributed by atoms with E-state index < -0.39 is 23.9 Å². The van der Waals surface area contributed by atoms with E-state index in [9.17, 15) is 41.7 Å². The molecule has 0 amide bonds. The second-order valence-corrected chi connectivity index (χ2v) is 7.79. The number of allylic oxidation sites excluding steroid dienone is 1. The first-order valence-electron chi connectivity index (χ1n) is 10.4. The summed E-state index contributed by atoms with van der Waals surface area (Å²) in [7, 11) is 0. The Balaban J connectivity index is 2.13. The van der Waals surface area contributed by atoms with Crippen molar-refractivity contribution < 1.29 is 46.4 Å². The van der Waals surface area contributed by atoms with Crippen LogP contribution >= 0.6 is 0 Å². The lowest BCUT2D eigenvalue weighted by Crippen LogP contribution is -2.55. The van der Waals surface area contributed by atoms with Gasteiger partial charge in [-0.05, 0) is 65.3 Å². The molecule has 10 heteroatoms. The largest absolute Gasteiger partial charge is 0.489 e. The van der Waals surface area contributed by atoms with E-state index in [4.69, 9.17) is 4.74 Å². The van der Waals surface area contributed by atoms with Crippen LogP contribution in [0.4, 0.5) is 26.3 Å². The first kappa shape index (κ1) is 27.7. The van der Waals surface area contributed by atoms with Gasteiger partial charge in [0.15, 0.2) is 0 Å². The van der Waals surface area contributed by atoms with E-state index in [0.29, 0.717) is 34.9 Å². The van der Waals surface area contributed by atoms with Gasteiger partial charge in [0.2, 0.25) is 0 Å². The Morgan fingerprint density at radius 3 is 2.12 bits per heavy atom. The van der Waals surface area contributed by atoms with Crippen molar-refractivity contribution in [2.75, 3.05) is 0 Å². The molecule has 0 radical (unpaired) electrons. The van der Waals surface area contributed by atoms with Gasteiger partial charge in [-0.1, -0.05) is 37.3 Å². The predicted octanol–water partition coefficient (Wildman–Crippen LogP) is 5.55. The summed E-state index contributed by atoms with van der Waals surface area (Å²) >= 11 is 0. The van der Waals surface area contributed by atoms with Crippen LogP contribution in [0, 0.1) is 0 Å². The van der Waals surface area contributed by atoms with Gasteiger partial charge in [0.25, 0.3) is 5.60 Å². The van der Waals surface area contributed by atoms with Gasteiger partial charge < -0.3 is 20.1 Å². The molecule has 0 aliphatic rings. The van der Waals surface area contributed by atoms with Crippen LogP contribution < -0.4 is 4.74 Å². The monoisotopic (exact) mass is 492 g/mol. The Morgan fingerprint density at radius 1 is 0.912 bits per heavy atom. The third kappa shape index (κ3) is 6.52. The highest BCUT2D eigenvalue weighted by molar-refractivity contribution is 5.33. The fourth-order valence-corrected chi connectivity index (χ4v) is 3.39. The second-order valence-electron chi connectivity index (χ2n) is 7.79. The number of halogens is 6. The summed E-state index contributed by atoms with van der Waals surface area (Å²) in [5, 5.41) is 27.9. The number of hydrogen-bond donors (Lipinski definition) is 3. The standard InChI is InChI=1S/C24H26F6O4/c1-2-17(6-4-10-22(33,23(25,26)27)24(28,29)30)18-5-3-7-21(12-18)34-15-16-8-9-19(13-31)20(11-16)14-32/h3-5,7-12,17,31-33H,2,6,13-15H2,1H3. The number of benzene rings is 2. The van der Waals surface area contributed by atoms with Gasteiger partial charge in [-0.25, -0.2) is 0 Å². The third-order valence-electron chi connectivity index (χ3n) is 5.48. The molecule has 0 heterocycles. The molecule has 0 spiro atoms. The summed E-state index contributed by atoms with van der Waals surface area (Å²) in [4.78, 5) is 0. The number of rotatable bonds is 10. The van der Waals surface area contributed by atoms with E-state index in [1.165, 1.54) is 0 Å². The molecule has 188 valence electrons. The zero-order valence-electron chi connectivity index (χ0n) is 18.3. The molecule has 0 bridgehead atoms. The van der Waals surface area contributed by atoms with Crippen LogP contribution in [0.5, 0.6) is 5.75 Å².